The molecule has 18 heavy (non-hydrogen) atoms. The molecule has 3 N–H and O–H groups in total. The van der Waals surface area contributed by atoms with Crippen molar-refractivity contribution in [3.8, 4) is 0 Å². The maximum absolute atomic E-state index is 11.8. The van der Waals surface area contributed by atoms with Crippen molar-refractivity contribution in [2.75, 3.05) is 26.4 Å². The van der Waals surface area contributed by atoms with E-state index in [9.17, 15) is 9.59 Å². The molecule has 0 saturated heterocycles. The smallest absolute Gasteiger partial charge is 0.307 e. The van der Waals surface area contributed by atoms with Gasteiger partial charge in [0.1, 0.15) is 0 Å². The summed E-state index contributed by atoms with van der Waals surface area (Å²) >= 11 is 0. The fraction of sp³-hybridized carbons (Fsp3) is 0.833. The van der Waals surface area contributed by atoms with Crippen molar-refractivity contribution in [3.05, 3.63) is 0 Å². The summed E-state index contributed by atoms with van der Waals surface area (Å²) < 4.78 is 5.05. The maximum Gasteiger partial charge on any atom is 0.307 e. The Morgan fingerprint density at radius 1 is 1.22 bits per heavy atom. The van der Waals surface area contributed by atoms with E-state index < -0.39 is 11.9 Å². The predicted octanol–water partition coefficient (Wildman–Crippen LogP) is 0.00250. The molecule has 1 amide bonds. The van der Waals surface area contributed by atoms with Gasteiger partial charge in [-0.25, -0.2) is 0 Å². The lowest BCUT2D eigenvalue weighted by Gasteiger charge is -2.15. The molecule has 6 heteroatoms. The van der Waals surface area contributed by atoms with Gasteiger partial charge < -0.3 is 20.3 Å². The van der Waals surface area contributed by atoms with Crippen molar-refractivity contribution in [1.82, 2.24) is 5.32 Å². The van der Waals surface area contributed by atoms with E-state index in [-0.39, 0.29) is 18.4 Å². The van der Waals surface area contributed by atoms with Crippen molar-refractivity contribution in [3.63, 3.8) is 0 Å². The summed E-state index contributed by atoms with van der Waals surface area (Å²) in [5, 5.41) is 20.2. The molecular formula is C12H21NO5. The van der Waals surface area contributed by atoms with Crippen LogP contribution in [0.5, 0.6) is 0 Å². The summed E-state index contributed by atoms with van der Waals surface area (Å²) in [7, 11) is 0. The molecule has 0 aromatic carbocycles. The Kier molecular flexibility index (Phi) is 6.67. The van der Waals surface area contributed by atoms with Crippen LogP contribution >= 0.6 is 0 Å². The average Bonchev–Trinajstić information content (AvgIpc) is 2.82. The number of carbonyl (C=O) groups excluding carboxylic acids is 1. The molecule has 0 aromatic heterocycles. The van der Waals surface area contributed by atoms with E-state index in [2.05, 4.69) is 5.32 Å². The number of rotatable bonds is 8. The first-order chi connectivity index (χ1) is 8.66. The molecule has 0 bridgehead atoms. The van der Waals surface area contributed by atoms with Crippen LogP contribution in [0.15, 0.2) is 0 Å². The quantitative estimate of drug-likeness (QED) is 0.533. The SMILES string of the molecule is O=C(O)[C@H]1CCC[C@H]1C(=O)NCCCOCCO. The molecule has 0 heterocycles. The van der Waals surface area contributed by atoms with Crippen molar-refractivity contribution in [2.45, 2.75) is 25.7 Å². The van der Waals surface area contributed by atoms with E-state index in [1.165, 1.54) is 0 Å². The molecule has 0 aliphatic heterocycles. The Balaban J connectivity index is 2.18. The molecule has 6 nitrogen and oxygen atoms in total. The number of carbonyl (C=O) groups is 2. The number of amides is 1. The number of aliphatic carboxylic acids is 1. The van der Waals surface area contributed by atoms with Gasteiger partial charge in [0.15, 0.2) is 0 Å². The third kappa shape index (κ3) is 4.62. The first kappa shape index (κ1) is 14.9. The molecule has 1 aliphatic carbocycles. The lowest BCUT2D eigenvalue weighted by molar-refractivity contribution is -0.146. The minimum absolute atomic E-state index is 0.00523. The number of nitrogens with one attached hydrogen (secondary N) is 1. The highest BCUT2D eigenvalue weighted by Gasteiger charge is 2.37. The molecule has 0 unspecified atom stereocenters. The summed E-state index contributed by atoms with van der Waals surface area (Å²) in [6.45, 7) is 1.26. The van der Waals surface area contributed by atoms with Crippen LogP contribution in [0.3, 0.4) is 0 Å². The van der Waals surface area contributed by atoms with Crippen LogP contribution in [0, 0.1) is 11.8 Å². The number of aliphatic hydroxyl groups is 1. The van der Waals surface area contributed by atoms with Crippen LogP contribution in [0.2, 0.25) is 0 Å². The van der Waals surface area contributed by atoms with E-state index in [1.807, 2.05) is 0 Å². The minimum atomic E-state index is -0.876. The second-order valence-electron chi connectivity index (χ2n) is 4.46. The molecule has 0 aromatic rings. The van der Waals surface area contributed by atoms with Gasteiger partial charge in [0.05, 0.1) is 25.0 Å². The van der Waals surface area contributed by atoms with Gasteiger partial charge in [-0.1, -0.05) is 6.42 Å². The summed E-state index contributed by atoms with van der Waals surface area (Å²) in [6, 6.07) is 0. The lowest BCUT2D eigenvalue weighted by atomic mass is 9.95. The van der Waals surface area contributed by atoms with Gasteiger partial charge in [-0.05, 0) is 19.3 Å². The number of hydrogen-bond acceptors (Lipinski definition) is 4. The fourth-order valence-electron chi connectivity index (χ4n) is 2.25. The predicted molar refractivity (Wildman–Crippen MR) is 64.0 cm³/mol. The monoisotopic (exact) mass is 259 g/mol. The molecule has 1 saturated carbocycles. The zero-order chi connectivity index (χ0) is 13.4. The van der Waals surface area contributed by atoms with Gasteiger partial charge in [-0.15, -0.1) is 0 Å². The normalized spacial score (nSPS) is 22.9. The number of carboxylic acids is 1. The molecule has 104 valence electrons. The summed E-state index contributed by atoms with van der Waals surface area (Å²) in [6.07, 6.45) is 2.71. The van der Waals surface area contributed by atoms with Gasteiger partial charge in [0.25, 0.3) is 0 Å². The summed E-state index contributed by atoms with van der Waals surface area (Å²) in [5.41, 5.74) is 0. The van der Waals surface area contributed by atoms with E-state index in [4.69, 9.17) is 14.9 Å². The zero-order valence-electron chi connectivity index (χ0n) is 10.4. The molecular weight excluding hydrogens is 238 g/mol. The highest BCUT2D eigenvalue weighted by Crippen LogP contribution is 2.31. The van der Waals surface area contributed by atoms with Crippen molar-refractivity contribution in [1.29, 1.82) is 0 Å². The molecule has 0 spiro atoms. The maximum atomic E-state index is 11.8. The standard InChI is InChI=1S/C12H21NO5/c14-6-8-18-7-2-5-13-11(15)9-3-1-4-10(9)12(16)17/h9-10,14H,1-8H2,(H,13,15)(H,16,17)/t9-,10+/m1/s1. The molecule has 2 atom stereocenters. The number of aliphatic hydroxyl groups excluding tert-OH is 1. The summed E-state index contributed by atoms with van der Waals surface area (Å²) in [5.74, 6) is -1.96. The highest BCUT2D eigenvalue weighted by atomic mass is 16.5. The average molecular weight is 259 g/mol. The zero-order valence-corrected chi connectivity index (χ0v) is 10.4. The Morgan fingerprint density at radius 2 is 1.94 bits per heavy atom. The lowest BCUT2D eigenvalue weighted by Crippen LogP contribution is -2.36. The van der Waals surface area contributed by atoms with Gasteiger partial charge in [0.2, 0.25) is 5.91 Å². The third-order valence-corrected chi connectivity index (χ3v) is 3.17. The van der Waals surface area contributed by atoms with E-state index >= 15 is 0 Å². The van der Waals surface area contributed by atoms with Crippen molar-refractivity contribution in [2.24, 2.45) is 11.8 Å². The Morgan fingerprint density at radius 3 is 2.61 bits per heavy atom. The van der Waals surface area contributed by atoms with Crippen molar-refractivity contribution >= 4 is 11.9 Å². The Bertz CT molecular complexity index is 282. The number of ether oxygens (including phenoxy) is 1. The molecule has 1 fully saturated rings. The Labute approximate surface area is 106 Å². The molecule has 1 aliphatic rings. The van der Waals surface area contributed by atoms with E-state index in [0.717, 1.165) is 6.42 Å². The highest BCUT2D eigenvalue weighted by molar-refractivity contribution is 5.85. The van der Waals surface area contributed by atoms with Crippen LogP contribution in [-0.2, 0) is 14.3 Å². The van der Waals surface area contributed by atoms with Crippen LogP contribution < -0.4 is 5.32 Å². The fourth-order valence-corrected chi connectivity index (χ4v) is 2.25. The topological polar surface area (TPSA) is 95.9 Å². The van der Waals surface area contributed by atoms with Gasteiger partial charge in [-0.3, -0.25) is 9.59 Å². The number of hydrogen-bond donors (Lipinski definition) is 3. The summed E-state index contributed by atoms with van der Waals surface area (Å²) in [4.78, 5) is 22.7. The minimum Gasteiger partial charge on any atom is -0.481 e. The van der Waals surface area contributed by atoms with Crippen LogP contribution in [0.1, 0.15) is 25.7 Å². The van der Waals surface area contributed by atoms with Gasteiger partial charge in [-0.2, -0.15) is 0 Å². The first-order valence-electron chi connectivity index (χ1n) is 6.36. The molecule has 0 radical (unpaired) electrons. The third-order valence-electron chi connectivity index (χ3n) is 3.17. The van der Waals surface area contributed by atoms with E-state index in [0.29, 0.717) is 39.0 Å². The Hall–Kier alpha value is -1.14. The number of carboxylic acid groups (broad SMARTS) is 1. The van der Waals surface area contributed by atoms with Gasteiger partial charge >= 0.3 is 5.97 Å². The first-order valence-corrected chi connectivity index (χ1v) is 6.36. The van der Waals surface area contributed by atoms with Crippen LogP contribution in [0.4, 0.5) is 0 Å². The van der Waals surface area contributed by atoms with Crippen LogP contribution in [0.25, 0.3) is 0 Å². The second-order valence-corrected chi connectivity index (χ2v) is 4.46. The van der Waals surface area contributed by atoms with Gasteiger partial charge in [0, 0.05) is 13.2 Å². The second kappa shape index (κ2) is 8.05. The van der Waals surface area contributed by atoms with E-state index in [1.54, 1.807) is 0 Å². The van der Waals surface area contributed by atoms with Crippen LogP contribution in [-0.4, -0.2) is 48.5 Å². The van der Waals surface area contributed by atoms with Crippen molar-refractivity contribution < 1.29 is 24.5 Å². The molecule has 1 rings (SSSR count). The largest absolute Gasteiger partial charge is 0.481 e.